The summed E-state index contributed by atoms with van der Waals surface area (Å²) in [5.74, 6) is 2.90. The Morgan fingerprint density at radius 3 is 2.54 bits per heavy atom. The molecule has 0 radical (unpaired) electrons. The molecule has 4 rings (SSSR count). The van der Waals surface area contributed by atoms with Crippen LogP contribution in [0.3, 0.4) is 0 Å². The van der Waals surface area contributed by atoms with Gasteiger partial charge in [-0.3, -0.25) is 4.57 Å². The monoisotopic (exact) mass is 395 g/mol. The summed E-state index contributed by atoms with van der Waals surface area (Å²) in [7, 11) is 0. The van der Waals surface area contributed by atoms with E-state index in [9.17, 15) is 0 Å². The topological polar surface area (TPSA) is 82.8 Å². The second-order valence-electron chi connectivity index (χ2n) is 6.76. The summed E-state index contributed by atoms with van der Waals surface area (Å²) in [6, 6.07) is 13.9. The molecule has 4 aromatic rings. The average molecular weight is 395 g/mol. The largest absolute Gasteiger partial charge is 0.461 e. The van der Waals surface area contributed by atoms with Gasteiger partial charge < -0.3 is 8.94 Å². The van der Waals surface area contributed by atoms with Crippen molar-refractivity contribution in [3.8, 4) is 11.6 Å². The second kappa shape index (κ2) is 8.02. The van der Waals surface area contributed by atoms with E-state index in [4.69, 9.17) is 8.94 Å². The fourth-order valence-corrected chi connectivity index (χ4v) is 3.61. The number of hydrogen-bond donors (Lipinski definition) is 0. The van der Waals surface area contributed by atoms with E-state index in [1.165, 1.54) is 11.8 Å². The van der Waals surface area contributed by atoms with Crippen molar-refractivity contribution < 1.29 is 8.94 Å². The first kappa shape index (κ1) is 18.5. The minimum absolute atomic E-state index is 0.0526. The molecule has 8 heteroatoms. The molecule has 3 aromatic heterocycles. The van der Waals surface area contributed by atoms with Gasteiger partial charge in [-0.15, -0.1) is 10.2 Å². The van der Waals surface area contributed by atoms with E-state index >= 15 is 0 Å². The standard InChI is InChI=1S/C20H21N5O2S/c1-13(2)17-21-19(27-24-17)14(3)28-20-23-22-18(16-10-7-11-26-16)25(20)12-15-8-5-4-6-9-15/h4-11,13-14H,12H2,1-3H3. The first-order valence-electron chi connectivity index (χ1n) is 9.13. The van der Waals surface area contributed by atoms with E-state index in [2.05, 4.69) is 37.0 Å². The van der Waals surface area contributed by atoms with Gasteiger partial charge in [0.05, 0.1) is 18.1 Å². The summed E-state index contributed by atoms with van der Waals surface area (Å²) in [5.41, 5.74) is 1.16. The maximum atomic E-state index is 5.56. The van der Waals surface area contributed by atoms with Crippen LogP contribution in [0.15, 0.2) is 62.8 Å². The van der Waals surface area contributed by atoms with Gasteiger partial charge in [0.1, 0.15) is 0 Å². The van der Waals surface area contributed by atoms with Crippen LogP contribution >= 0.6 is 11.8 Å². The number of benzene rings is 1. The first-order valence-corrected chi connectivity index (χ1v) is 10.0. The minimum atomic E-state index is -0.0526. The zero-order valence-corrected chi connectivity index (χ0v) is 16.8. The lowest BCUT2D eigenvalue weighted by Gasteiger charge is -2.11. The lowest BCUT2D eigenvalue weighted by Crippen LogP contribution is -2.04. The van der Waals surface area contributed by atoms with Gasteiger partial charge in [-0.1, -0.05) is 61.1 Å². The molecule has 0 spiro atoms. The molecule has 0 saturated carbocycles. The predicted octanol–water partition coefficient (Wildman–Crippen LogP) is 4.95. The van der Waals surface area contributed by atoms with Crippen molar-refractivity contribution in [2.45, 2.75) is 43.6 Å². The van der Waals surface area contributed by atoms with Crippen LogP contribution in [-0.2, 0) is 6.54 Å². The van der Waals surface area contributed by atoms with Gasteiger partial charge in [0, 0.05) is 5.92 Å². The Kier molecular flexibility index (Phi) is 5.29. The highest BCUT2D eigenvalue weighted by atomic mass is 32.2. The van der Waals surface area contributed by atoms with Gasteiger partial charge in [0.15, 0.2) is 16.7 Å². The Bertz CT molecular complexity index is 1020. The zero-order chi connectivity index (χ0) is 19.5. The highest BCUT2D eigenvalue weighted by molar-refractivity contribution is 7.99. The van der Waals surface area contributed by atoms with Crippen LogP contribution < -0.4 is 0 Å². The number of thioether (sulfide) groups is 1. The summed E-state index contributed by atoms with van der Waals surface area (Å²) in [6.07, 6.45) is 1.64. The van der Waals surface area contributed by atoms with Crippen molar-refractivity contribution in [2.75, 3.05) is 0 Å². The zero-order valence-electron chi connectivity index (χ0n) is 15.9. The van der Waals surface area contributed by atoms with Gasteiger partial charge in [-0.25, -0.2) is 0 Å². The van der Waals surface area contributed by atoms with Crippen LogP contribution in [0, 0.1) is 0 Å². The number of aromatic nitrogens is 5. The highest BCUT2D eigenvalue weighted by Gasteiger charge is 2.23. The molecule has 3 heterocycles. The maximum absolute atomic E-state index is 5.56. The number of hydrogen-bond acceptors (Lipinski definition) is 7. The molecule has 1 atom stereocenters. The Morgan fingerprint density at radius 1 is 1.04 bits per heavy atom. The molecule has 0 aliphatic carbocycles. The third kappa shape index (κ3) is 3.87. The Labute approximate surface area is 167 Å². The molecule has 28 heavy (non-hydrogen) atoms. The predicted molar refractivity (Wildman–Crippen MR) is 106 cm³/mol. The molecule has 144 valence electrons. The fourth-order valence-electron chi connectivity index (χ4n) is 2.73. The van der Waals surface area contributed by atoms with Crippen molar-refractivity contribution >= 4 is 11.8 Å². The summed E-state index contributed by atoms with van der Waals surface area (Å²) in [5, 5.41) is 13.5. The molecule has 1 unspecified atom stereocenters. The lowest BCUT2D eigenvalue weighted by molar-refractivity contribution is 0.373. The van der Waals surface area contributed by atoms with Crippen LogP contribution in [0.4, 0.5) is 0 Å². The number of furan rings is 1. The molecular weight excluding hydrogens is 374 g/mol. The molecule has 0 saturated heterocycles. The van der Waals surface area contributed by atoms with E-state index in [0.29, 0.717) is 29.8 Å². The molecule has 0 N–H and O–H groups in total. The van der Waals surface area contributed by atoms with Gasteiger partial charge in [-0.05, 0) is 24.6 Å². The molecule has 0 aliphatic rings. The SMILES string of the molecule is CC(C)c1noc(C(C)Sc2nnc(-c3ccco3)n2Cc2ccccc2)n1. The van der Waals surface area contributed by atoms with Crippen LogP contribution in [0.1, 0.15) is 49.2 Å². The van der Waals surface area contributed by atoms with E-state index in [0.717, 1.165) is 10.7 Å². The minimum Gasteiger partial charge on any atom is -0.461 e. The molecule has 0 aliphatic heterocycles. The highest BCUT2D eigenvalue weighted by Crippen LogP contribution is 2.35. The number of nitrogens with zero attached hydrogens (tertiary/aromatic N) is 5. The fraction of sp³-hybridized carbons (Fsp3) is 0.300. The summed E-state index contributed by atoms with van der Waals surface area (Å²) in [4.78, 5) is 4.50. The van der Waals surface area contributed by atoms with Crippen LogP contribution in [-0.4, -0.2) is 24.9 Å². The maximum Gasteiger partial charge on any atom is 0.239 e. The molecule has 0 fully saturated rings. The Hall–Kier alpha value is -2.87. The quantitative estimate of drug-likeness (QED) is 0.410. The molecule has 1 aromatic carbocycles. The van der Waals surface area contributed by atoms with Gasteiger partial charge >= 0.3 is 0 Å². The second-order valence-corrected chi connectivity index (χ2v) is 8.07. The van der Waals surface area contributed by atoms with E-state index in [1.54, 1.807) is 6.26 Å². The number of rotatable bonds is 7. The van der Waals surface area contributed by atoms with Crippen molar-refractivity contribution in [2.24, 2.45) is 0 Å². The lowest BCUT2D eigenvalue weighted by atomic mass is 10.2. The van der Waals surface area contributed by atoms with Gasteiger partial charge in [0.2, 0.25) is 11.7 Å². The average Bonchev–Trinajstić information content (AvgIpc) is 3.44. The van der Waals surface area contributed by atoms with Crippen molar-refractivity contribution in [3.63, 3.8) is 0 Å². The van der Waals surface area contributed by atoms with Crippen molar-refractivity contribution in [1.82, 2.24) is 24.9 Å². The molecule has 0 amide bonds. The third-order valence-electron chi connectivity index (χ3n) is 4.25. The Morgan fingerprint density at radius 2 is 1.86 bits per heavy atom. The summed E-state index contributed by atoms with van der Waals surface area (Å²) >= 11 is 1.54. The third-order valence-corrected chi connectivity index (χ3v) is 5.31. The normalized spacial score (nSPS) is 12.6. The van der Waals surface area contributed by atoms with E-state index < -0.39 is 0 Å². The Balaban J connectivity index is 1.64. The van der Waals surface area contributed by atoms with Crippen molar-refractivity contribution in [1.29, 1.82) is 0 Å². The van der Waals surface area contributed by atoms with Crippen LogP contribution in [0.25, 0.3) is 11.6 Å². The van der Waals surface area contributed by atoms with E-state index in [1.807, 2.05) is 51.1 Å². The molecular formula is C20H21N5O2S. The van der Waals surface area contributed by atoms with E-state index in [-0.39, 0.29) is 11.2 Å². The van der Waals surface area contributed by atoms with Gasteiger partial charge in [-0.2, -0.15) is 4.98 Å². The summed E-state index contributed by atoms with van der Waals surface area (Å²) < 4.78 is 13.0. The first-order chi connectivity index (χ1) is 13.6. The molecule has 0 bridgehead atoms. The van der Waals surface area contributed by atoms with Crippen molar-refractivity contribution in [3.05, 3.63) is 66.0 Å². The van der Waals surface area contributed by atoms with Crippen LogP contribution in [0.5, 0.6) is 0 Å². The molecule has 7 nitrogen and oxygen atoms in total. The summed E-state index contributed by atoms with van der Waals surface area (Å²) in [6.45, 7) is 6.74. The van der Waals surface area contributed by atoms with Gasteiger partial charge in [0.25, 0.3) is 0 Å². The smallest absolute Gasteiger partial charge is 0.239 e. The van der Waals surface area contributed by atoms with Crippen LogP contribution in [0.2, 0.25) is 0 Å².